The Morgan fingerprint density at radius 2 is 1.78 bits per heavy atom. The summed E-state index contributed by atoms with van der Waals surface area (Å²) in [6, 6.07) is 7.24. The second-order valence-electron chi connectivity index (χ2n) is 6.87. The highest BCUT2D eigenvalue weighted by Gasteiger charge is 2.50. The molecule has 1 aromatic rings. The number of carbonyl (C=O) groups is 2. The van der Waals surface area contributed by atoms with Gasteiger partial charge in [0.15, 0.2) is 0 Å². The summed E-state index contributed by atoms with van der Waals surface area (Å²) in [5, 5.41) is 9.55. The molecule has 2 fully saturated rings. The summed E-state index contributed by atoms with van der Waals surface area (Å²) in [7, 11) is 0. The summed E-state index contributed by atoms with van der Waals surface area (Å²) < 4.78 is 0.950. The van der Waals surface area contributed by atoms with Crippen molar-refractivity contribution in [2.75, 3.05) is 13.1 Å². The summed E-state index contributed by atoms with van der Waals surface area (Å²) in [6.45, 7) is 4.69. The molecule has 5 nitrogen and oxygen atoms in total. The van der Waals surface area contributed by atoms with Crippen LogP contribution in [0.25, 0.3) is 0 Å². The molecule has 0 radical (unpaired) electrons. The molecule has 2 atom stereocenters. The molecule has 1 aromatic carbocycles. The van der Waals surface area contributed by atoms with Gasteiger partial charge in [0.1, 0.15) is 0 Å². The quantitative estimate of drug-likeness (QED) is 0.853. The number of carboxylic acid groups (broad SMARTS) is 1. The molecule has 2 amide bonds. The van der Waals surface area contributed by atoms with E-state index >= 15 is 0 Å². The zero-order chi connectivity index (χ0) is 16.8. The van der Waals surface area contributed by atoms with E-state index in [1.807, 2.05) is 43.0 Å². The van der Waals surface area contributed by atoms with Crippen molar-refractivity contribution in [3.05, 3.63) is 34.3 Å². The van der Waals surface area contributed by atoms with Crippen LogP contribution in [0.3, 0.4) is 0 Å². The molecule has 23 heavy (non-hydrogen) atoms. The fourth-order valence-electron chi connectivity index (χ4n) is 3.19. The van der Waals surface area contributed by atoms with Crippen LogP contribution in [0.5, 0.6) is 0 Å². The summed E-state index contributed by atoms with van der Waals surface area (Å²) in [5.74, 6) is 0.164. The smallest absolute Gasteiger partial charge is 0.407 e. The van der Waals surface area contributed by atoms with Crippen molar-refractivity contribution in [3.8, 4) is 0 Å². The van der Waals surface area contributed by atoms with Crippen molar-refractivity contribution in [1.29, 1.82) is 0 Å². The maximum Gasteiger partial charge on any atom is 0.407 e. The number of hydrogen-bond acceptors (Lipinski definition) is 2. The van der Waals surface area contributed by atoms with Crippen LogP contribution in [0, 0.1) is 5.41 Å². The van der Waals surface area contributed by atoms with Crippen LogP contribution in [-0.4, -0.2) is 46.0 Å². The average molecular weight is 381 g/mol. The first-order chi connectivity index (χ1) is 10.8. The van der Waals surface area contributed by atoms with E-state index in [2.05, 4.69) is 15.9 Å². The Kier molecular flexibility index (Phi) is 4.12. The van der Waals surface area contributed by atoms with Crippen LogP contribution >= 0.6 is 15.9 Å². The van der Waals surface area contributed by atoms with E-state index in [1.165, 1.54) is 4.90 Å². The zero-order valence-electron chi connectivity index (χ0n) is 13.3. The predicted molar refractivity (Wildman–Crippen MR) is 90.1 cm³/mol. The Hall–Kier alpha value is -1.56. The van der Waals surface area contributed by atoms with Crippen LogP contribution in [0.1, 0.15) is 38.3 Å². The number of halogens is 1. The first kappa shape index (κ1) is 16.3. The minimum atomic E-state index is -0.936. The lowest BCUT2D eigenvalue weighted by Gasteiger charge is -2.45. The SMILES string of the molecule is C[C@@H]1CN(C(=O)O)[C@@H](c2ccc(Br)cc2)CN1C(=O)C1(C)CC1. The molecule has 6 heteroatoms. The van der Waals surface area contributed by atoms with Gasteiger partial charge in [-0.2, -0.15) is 0 Å². The Labute approximate surface area is 144 Å². The van der Waals surface area contributed by atoms with Crippen LogP contribution in [-0.2, 0) is 4.79 Å². The van der Waals surface area contributed by atoms with Gasteiger partial charge in [0.2, 0.25) is 5.91 Å². The lowest BCUT2D eigenvalue weighted by Crippen LogP contribution is -2.57. The number of piperazine rings is 1. The minimum absolute atomic E-state index is 0.0947. The first-order valence-electron chi connectivity index (χ1n) is 7.88. The van der Waals surface area contributed by atoms with Gasteiger partial charge in [0.05, 0.1) is 6.04 Å². The molecular weight excluding hydrogens is 360 g/mol. The number of benzene rings is 1. The van der Waals surface area contributed by atoms with Gasteiger partial charge < -0.3 is 10.0 Å². The highest BCUT2D eigenvalue weighted by atomic mass is 79.9. The second kappa shape index (κ2) is 5.82. The lowest BCUT2D eigenvalue weighted by molar-refractivity contribution is -0.142. The van der Waals surface area contributed by atoms with E-state index in [4.69, 9.17) is 0 Å². The number of carbonyl (C=O) groups excluding carboxylic acids is 1. The normalized spacial score (nSPS) is 26.0. The van der Waals surface area contributed by atoms with Gasteiger partial charge in [0.25, 0.3) is 0 Å². The minimum Gasteiger partial charge on any atom is -0.465 e. The molecule has 1 saturated carbocycles. The molecule has 0 bridgehead atoms. The van der Waals surface area contributed by atoms with Gasteiger partial charge >= 0.3 is 6.09 Å². The molecule has 3 rings (SSSR count). The summed E-state index contributed by atoms with van der Waals surface area (Å²) in [5.41, 5.74) is 0.686. The number of hydrogen-bond donors (Lipinski definition) is 1. The van der Waals surface area contributed by atoms with Crippen molar-refractivity contribution in [1.82, 2.24) is 9.80 Å². The molecule has 1 aliphatic heterocycles. The van der Waals surface area contributed by atoms with Crippen molar-refractivity contribution in [2.45, 2.75) is 38.8 Å². The van der Waals surface area contributed by atoms with Gasteiger partial charge in [-0.05, 0) is 37.5 Å². The zero-order valence-corrected chi connectivity index (χ0v) is 14.9. The van der Waals surface area contributed by atoms with Gasteiger partial charge in [-0.15, -0.1) is 0 Å². The lowest BCUT2D eigenvalue weighted by atomic mass is 9.98. The monoisotopic (exact) mass is 380 g/mol. The van der Waals surface area contributed by atoms with Crippen molar-refractivity contribution in [3.63, 3.8) is 0 Å². The molecule has 1 heterocycles. The molecule has 1 aliphatic carbocycles. The van der Waals surface area contributed by atoms with Gasteiger partial charge in [0, 0.05) is 29.0 Å². The van der Waals surface area contributed by atoms with E-state index < -0.39 is 6.09 Å². The molecular formula is C17H21BrN2O3. The van der Waals surface area contributed by atoms with Gasteiger partial charge in [-0.1, -0.05) is 35.0 Å². The van der Waals surface area contributed by atoms with E-state index in [9.17, 15) is 14.7 Å². The Morgan fingerprint density at radius 1 is 1.17 bits per heavy atom. The van der Waals surface area contributed by atoms with E-state index in [1.54, 1.807) is 0 Å². The number of rotatable bonds is 2. The standard InChI is InChI=1S/C17H21BrN2O3/c1-11-9-20(16(22)23)14(12-3-5-13(18)6-4-12)10-19(11)15(21)17(2)7-8-17/h3-6,11,14H,7-10H2,1-2H3,(H,22,23)/t11-,14-/m1/s1. The third-order valence-corrected chi connectivity index (χ3v) is 5.55. The molecule has 0 aromatic heterocycles. The third-order valence-electron chi connectivity index (χ3n) is 5.02. The van der Waals surface area contributed by atoms with Gasteiger partial charge in [-0.3, -0.25) is 9.69 Å². The van der Waals surface area contributed by atoms with E-state index in [0.717, 1.165) is 22.9 Å². The maximum absolute atomic E-state index is 12.8. The van der Waals surface area contributed by atoms with Crippen molar-refractivity contribution >= 4 is 27.9 Å². The van der Waals surface area contributed by atoms with Crippen LogP contribution in [0.2, 0.25) is 0 Å². The summed E-state index contributed by atoms with van der Waals surface area (Å²) in [4.78, 5) is 27.7. The van der Waals surface area contributed by atoms with Gasteiger partial charge in [-0.25, -0.2) is 4.79 Å². The highest BCUT2D eigenvalue weighted by molar-refractivity contribution is 9.10. The maximum atomic E-state index is 12.8. The van der Waals surface area contributed by atoms with E-state index in [-0.39, 0.29) is 23.4 Å². The Balaban J connectivity index is 1.88. The molecule has 124 valence electrons. The summed E-state index contributed by atoms with van der Waals surface area (Å²) >= 11 is 3.40. The average Bonchev–Trinajstić information content (AvgIpc) is 3.26. The highest BCUT2D eigenvalue weighted by Crippen LogP contribution is 2.47. The molecule has 0 unspecified atom stereocenters. The first-order valence-corrected chi connectivity index (χ1v) is 8.67. The van der Waals surface area contributed by atoms with Crippen LogP contribution < -0.4 is 0 Å². The number of nitrogens with zero attached hydrogens (tertiary/aromatic N) is 2. The van der Waals surface area contributed by atoms with Crippen molar-refractivity contribution in [2.24, 2.45) is 5.41 Å². The largest absolute Gasteiger partial charge is 0.465 e. The number of amides is 2. The summed E-state index contributed by atoms with van der Waals surface area (Å²) in [6.07, 6.45) is 0.927. The van der Waals surface area contributed by atoms with E-state index in [0.29, 0.717) is 13.1 Å². The topological polar surface area (TPSA) is 60.9 Å². The van der Waals surface area contributed by atoms with Crippen molar-refractivity contribution < 1.29 is 14.7 Å². The fraction of sp³-hybridized carbons (Fsp3) is 0.529. The second-order valence-corrected chi connectivity index (χ2v) is 7.79. The Bertz CT molecular complexity index is 627. The predicted octanol–water partition coefficient (Wildman–Crippen LogP) is 3.50. The van der Waals surface area contributed by atoms with Crippen LogP contribution in [0.4, 0.5) is 4.79 Å². The third kappa shape index (κ3) is 3.09. The van der Waals surface area contributed by atoms with Crippen LogP contribution in [0.15, 0.2) is 28.7 Å². The molecule has 0 spiro atoms. The fourth-order valence-corrected chi connectivity index (χ4v) is 3.45. The Morgan fingerprint density at radius 3 is 2.30 bits per heavy atom. The molecule has 2 aliphatic rings. The molecule has 1 N–H and O–H groups in total. The molecule has 1 saturated heterocycles.